The Bertz CT molecular complexity index is 810. The van der Waals surface area contributed by atoms with Gasteiger partial charge in [0.2, 0.25) is 5.91 Å². The number of anilines is 1. The maximum atomic E-state index is 12.3. The summed E-state index contributed by atoms with van der Waals surface area (Å²) in [7, 11) is 2.06. The predicted octanol–water partition coefficient (Wildman–Crippen LogP) is 4.18. The average Bonchev–Trinajstić information content (AvgIpc) is 3.07. The van der Waals surface area contributed by atoms with Crippen molar-refractivity contribution in [2.75, 3.05) is 11.9 Å². The summed E-state index contributed by atoms with van der Waals surface area (Å²) in [6.45, 7) is 5.22. The van der Waals surface area contributed by atoms with Gasteiger partial charge in [-0.15, -0.1) is 0 Å². The third kappa shape index (κ3) is 3.80. The van der Waals surface area contributed by atoms with E-state index < -0.39 is 0 Å². The lowest BCUT2D eigenvalue weighted by atomic mass is 9.57. The van der Waals surface area contributed by atoms with E-state index in [0.29, 0.717) is 12.5 Å². The Morgan fingerprint density at radius 1 is 1.29 bits per heavy atom. The maximum Gasteiger partial charge on any atom is 0.223 e. The first kappa shape index (κ1) is 19.0. The van der Waals surface area contributed by atoms with Crippen LogP contribution in [0.2, 0.25) is 0 Å². The molecule has 5 nitrogen and oxygen atoms in total. The number of nitrogens with zero attached hydrogens (tertiary/aromatic N) is 2. The van der Waals surface area contributed by atoms with E-state index in [9.17, 15) is 4.79 Å². The molecule has 2 aliphatic carbocycles. The van der Waals surface area contributed by atoms with E-state index >= 15 is 0 Å². The molecule has 1 N–H and O–H groups in total. The third-order valence-corrected chi connectivity index (χ3v) is 6.92. The van der Waals surface area contributed by atoms with Gasteiger partial charge in [0.15, 0.2) is 5.76 Å². The van der Waals surface area contributed by atoms with Crippen molar-refractivity contribution in [2.45, 2.75) is 58.5 Å². The number of benzene rings is 1. The second-order valence-electron chi connectivity index (χ2n) is 9.12. The molecule has 1 aromatic carbocycles. The fourth-order valence-corrected chi connectivity index (χ4v) is 4.35. The normalized spacial score (nSPS) is 23.5. The predicted molar refractivity (Wildman–Crippen MR) is 110 cm³/mol. The van der Waals surface area contributed by atoms with Gasteiger partial charge in [0.1, 0.15) is 0 Å². The highest BCUT2D eigenvalue weighted by Gasteiger charge is 2.49. The van der Waals surface area contributed by atoms with Crippen LogP contribution in [0, 0.1) is 17.3 Å². The molecule has 0 unspecified atom stereocenters. The van der Waals surface area contributed by atoms with E-state index in [4.69, 9.17) is 4.52 Å². The molecule has 5 heteroatoms. The SMILES string of the molecule is CN(Cc1cc(C[C@@H]2C[C@H](NC(=O)C3CCC3)C2(C)C)no1)c1ccccc1. The Morgan fingerprint density at radius 3 is 2.68 bits per heavy atom. The number of para-hydroxylation sites is 1. The first-order valence-electron chi connectivity index (χ1n) is 10.4. The smallest absolute Gasteiger partial charge is 0.223 e. The van der Waals surface area contributed by atoms with Crippen LogP contribution in [0.5, 0.6) is 0 Å². The molecule has 2 fully saturated rings. The molecule has 28 heavy (non-hydrogen) atoms. The van der Waals surface area contributed by atoms with Crippen LogP contribution < -0.4 is 10.2 Å². The molecule has 2 aliphatic rings. The van der Waals surface area contributed by atoms with Gasteiger partial charge in [-0.2, -0.15) is 0 Å². The average molecular weight is 382 g/mol. The molecule has 4 rings (SSSR count). The minimum Gasteiger partial charge on any atom is -0.367 e. The van der Waals surface area contributed by atoms with Gasteiger partial charge in [0, 0.05) is 30.8 Å². The number of aromatic nitrogens is 1. The van der Waals surface area contributed by atoms with E-state index in [0.717, 1.165) is 42.8 Å². The Kier molecular flexibility index (Phi) is 5.17. The van der Waals surface area contributed by atoms with Crippen molar-refractivity contribution in [1.82, 2.24) is 10.5 Å². The van der Waals surface area contributed by atoms with Gasteiger partial charge in [-0.05, 0) is 49.1 Å². The fourth-order valence-electron chi connectivity index (χ4n) is 4.35. The molecular weight excluding hydrogens is 350 g/mol. The third-order valence-electron chi connectivity index (χ3n) is 6.92. The lowest BCUT2D eigenvalue weighted by Crippen LogP contribution is -2.59. The highest BCUT2D eigenvalue weighted by Crippen LogP contribution is 2.48. The van der Waals surface area contributed by atoms with Crippen molar-refractivity contribution in [3.8, 4) is 0 Å². The highest BCUT2D eigenvalue weighted by atomic mass is 16.5. The summed E-state index contributed by atoms with van der Waals surface area (Å²) in [6, 6.07) is 12.6. The topological polar surface area (TPSA) is 58.4 Å². The van der Waals surface area contributed by atoms with Crippen molar-refractivity contribution in [3.05, 3.63) is 47.9 Å². The van der Waals surface area contributed by atoms with Crippen molar-refractivity contribution >= 4 is 11.6 Å². The molecule has 2 aromatic rings. The van der Waals surface area contributed by atoms with E-state index in [1.807, 2.05) is 18.2 Å². The van der Waals surface area contributed by atoms with Crippen LogP contribution in [0.25, 0.3) is 0 Å². The number of amides is 1. The standard InChI is InChI=1S/C23H31N3O2/c1-23(2)17(13-21(23)24-22(27)16-8-7-9-16)12-18-14-20(28-25-18)15-26(3)19-10-5-4-6-11-19/h4-6,10-11,14,16-17,21H,7-9,12-13,15H2,1-3H3,(H,24,27)/t17-,21+/m1/s1. The fraction of sp³-hybridized carbons (Fsp3) is 0.565. The molecule has 0 bridgehead atoms. The first-order valence-corrected chi connectivity index (χ1v) is 10.4. The number of hydrogen-bond donors (Lipinski definition) is 1. The number of carbonyl (C=O) groups excluding carboxylic acids is 1. The second-order valence-corrected chi connectivity index (χ2v) is 9.12. The number of carbonyl (C=O) groups is 1. The summed E-state index contributed by atoms with van der Waals surface area (Å²) in [5, 5.41) is 7.58. The molecule has 0 aliphatic heterocycles. The second kappa shape index (κ2) is 7.61. The van der Waals surface area contributed by atoms with Crippen LogP contribution in [0.1, 0.15) is 51.0 Å². The zero-order valence-electron chi connectivity index (χ0n) is 17.1. The molecule has 2 atom stereocenters. The quantitative estimate of drug-likeness (QED) is 0.781. The minimum absolute atomic E-state index is 0.0966. The van der Waals surface area contributed by atoms with Gasteiger partial charge in [0.05, 0.1) is 12.2 Å². The van der Waals surface area contributed by atoms with Gasteiger partial charge in [-0.1, -0.05) is 43.6 Å². The van der Waals surface area contributed by atoms with E-state index in [1.165, 1.54) is 6.42 Å². The summed E-state index contributed by atoms with van der Waals surface area (Å²) in [5.41, 5.74) is 2.27. The van der Waals surface area contributed by atoms with Crippen LogP contribution >= 0.6 is 0 Å². The Morgan fingerprint density at radius 2 is 2.04 bits per heavy atom. The van der Waals surface area contributed by atoms with Crippen LogP contribution in [0.15, 0.2) is 40.9 Å². The molecule has 1 heterocycles. The first-order chi connectivity index (χ1) is 13.4. The number of rotatable bonds is 7. The number of hydrogen-bond acceptors (Lipinski definition) is 4. The molecule has 1 aromatic heterocycles. The molecule has 0 saturated heterocycles. The van der Waals surface area contributed by atoms with E-state index in [-0.39, 0.29) is 23.3 Å². The number of nitrogens with one attached hydrogen (secondary N) is 1. The summed E-state index contributed by atoms with van der Waals surface area (Å²) in [4.78, 5) is 14.4. The molecule has 1 amide bonds. The zero-order valence-corrected chi connectivity index (χ0v) is 17.1. The molecule has 2 saturated carbocycles. The van der Waals surface area contributed by atoms with Crippen molar-refractivity contribution in [1.29, 1.82) is 0 Å². The highest BCUT2D eigenvalue weighted by molar-refractivity contribution is 5.79. The lowest BCUT2D eigenvalue weighted by molar-refractivity contribution is -0.132. The summed E-state index contributed by atoms with van der Waals surface area (Å²) >= 11 is 0. The van der Waals surface area contributed by atoms with Gasteiger partial charge >= 0.3 is 0 Å². The Hall–Kier alpha value is -2.30. The Labute approximate surface area is 167 Å². The van der Waals surface area contributed by atoms with Crippen molar-refractivity contribution in [2.24, 2.45) is 17.3 Å². The van der Waals surface area contributed by atoms with E-state index in [2.05, 4.69) is 54.5 Å². The maximum absolute atomic E-state index is 12.3. The van der Waals surface area contributed by atoms with Gasteiger partial charge < -0.3 is 14.7 Å². The van der Waals surface area contributed by atoms with E-state index in [1.54, 1.807) is 0 Å². The van der Waals surface area contributed by atoms with Crippen molar-refractivity contribution < 1.29 is 9.32 Å². The molecular formula is C23H31N3O2. The van der Waals surface area contributed by atoms with Gasteiger partial charge in [-0.3, -0.25) is 4.79 Å². The van der Waals surface area contributed by atoms with Crippen LogP contribution in [0.4, 0.5) is 5.69 Å². The van der Waals surface area contributed by atoms with Crippen LogP contribution in [0.3, 0.4) is 0 Å². The summed E-state index contributed by atoms with van der Waals surface area (Å²) < 4.78 is 5.58. The van der Waals surface area contributed by atoms with Crippen molar-refractivity contribution in [3.63, 3.8) is 0 Å². The Balaban J connectivity index is 1.30. The van der Waals surface area contributed by atoms with Gasteiger partial charge in [0.25, 0.3) is 0 Å². The molecule has 150 valence electrons. The lowest BCUT2D eigenvalue weighted by Gasteiger charge is -2.52. The minimum atomic E-state index is 0.0966. The van der Waals surface area contributed by atoms with Crippen LogP contribution in [-0.4, -0.2) is 24.2 Å². The summed E-state index contributed by atoms with van der Waals surface area (Å²) in [6.07, 6.45) is 5.24. The largest absolute Gasteiger partial charge is 0.367 e. The van der Waals surface area contributed by atoms with Gasteiger partial charge in [-0.25, -0.2) is 0 Å². The monoisotopic (exact) mass is 381 g/mol. The summed E-state index contributed by atoms with van der Waals surface area (Å²) in [5.74, 6) is 1.92. The molecule has 0 radical (unpaired) electrons. The molecule has 0 spiro atoms. The van der Waals surface area contributed by atoms with Crippen LogP contribution in [-0.2, 0) is 17.8 Å². The zero-order chi connectivity index (χ0) is 19.7.